The van der Waals surface area contributed by atoms with E-state index in [-0.39, 0.29) is 0 Å². The van der Waals surface area contributed by atoms with Gasteiger partial charge in [-0.2, -0.15) is 0 Å². The van der Waals surface area contributed by atoms with Crippen LogP contribution < -0.4 is 0 Å². The fourth-order valence-electron chi connectivity index (χ4n) is 0.793. The Morgan fingerprint density at radius 1 is 1.23 bits per heavy atom. The van der Waals surface area contributed by atoms with Crippen molar-refractivity contribution in [3.05, 3.63) is 29.2 Å². The highest BCUT2D eigenvalue weighted by Crippen LogP contribution is 2.23. The number of hydrogen-bond donors (Lipinski definition) is 0. The third kappa shape index (κ3) is 3.80. The Kier molecular flexibility index (Phi) is 4.12. The molecule has 0 amide bonds. The smallest absolute Gasteiger partial charge is 0.116 e. The van der Waals surface area contributed by atoms with E-state index in [2.05, 4.69) is 23.0 Å². The lowest BCUT2D eigenvalue weighted by atomic mass is 10.5. The largest absolute Gasteiger partial charge is 0.297 e. The van der Waals surface area contributed by atoms with E-state index >= 15 is 0 Å². The predicted molar refractivity (Wildman–Crippen MR) is 60.8 cm³/mol. The summed E-state index contributed by atoms with van der Waals surface area (Å²) in [7, 11) is 1.74. The Morgan fingerprint density at radius 2 is 2.00 bits per heavy atom. The van der Waals surface area contributed by atoms with E-state index in [0.717, 1.165) is 5.00 Å². The van der Waals surface area contributed by atoms with Crippen molar-refractivity contribution in [1.29, 1.82) is 0 Å². The zero-order chi connectivity index (χ0) is 9.52. The zero-order valence-corrected chi connectivity index (χ0v) is 8.58. The molecule has 0 fully saturated rings. The van der Waals surface area contributed by atoms with Gasteiger partial charge >= 0.3 is 0 Å². The third-order valence-corrected chi connectivity index (χ3v) is 2.27. The van der Waals surface area contributed by atoms with Crippen LogP contribution in [0.1, 0.15) is 4.88 Å². The van der Waals surface area contributed by atoms with Gasteiger partial charge in [0.25, 0.3) is 0 Å². The average molecular weight is 192 g/mol. The van der Waals surface area contributed by atoms with Crippen molar-refractivity contribution in [2.45, 2.75) is 6.92 Å². The number of aryl methyl sites for hydroxylation is 1. The molecule has 0 spiro atoms. The molecule has 0 saturated heterocycles. The number of aliphatic imine (C=N–C) groups is 2. The minimum Gasteiger partial charge on any atom is -0.297 e. The molecule has 1 rings (SSSR count). The molecule has 0 radical (unpaired) electrons. The van der Waals surface area contributed by atoms with Gasteiger partial charge in [-0.05, 0) is 31.2 Å². The van der Waals surface area contributed by atoms with Crippen LogP contribution in [-0.4, -0.2) is 19.5 Å². The van der Waals surface area contributed by atoms with Gasteiger partial charge < -0.3 is 0 Å². The number of rotatable bonds is 3. The van der Waals surface area contributed by atoms with Gasteiger partial charge in [-0.25, -0.2) is 4.99 Å². The molecule has 0 unspecified atom stereocenters. The van der Waals surface area contributed by atoms with Crippen LogP contribution in [0.4, 0.5) is 5.00 Å². The fourth-order valence-corrected chi connectivity index (χ4v) is 1.51. The van der Waals surface area contributed by atoms with E-state index in [0.29, 0.717) is 0 Å². The number of hydrogen-bond acceptors (Lipinski definition) is 3. The molecular weight excluding hydrogens is 180 g/mol. The molecule has 0 aliphatic carbocycles. The summed E-state index contributed by atoms with van der Waals surface area (Å²) in [5.74, 6) is 0. The second-order valence-electron chi connectivity index (χ2n) is 2.45. The third-order valence-electron chi connectivity index (χ3n) is 1.36. The van der Waals surface area contributed by atoms with Crippen LogP contribution in [0.2, 0.25) is 0 Å². The summed E-state index contributed by atoms with van der Waals surface area (Å²) in [6.07, 6.45) is 7.21. The summed E-state index contributed by atoms with van der Waals surface area (Å²) in [6, 6.07) is 4.08. The molecule has 3 heteroatoms. The van der Waals surface area contributed by atoms with Crippen LogP contribution in [-0.2, 0) is 0 Å². The first-order chi connectivity index (χ1) is 6.33. The molecule has 0 N–H and O–H groups in total. The van der Waals surface area contributed by atoms with Gasteiger partial charge in [-0.1, -0.05) is 0 Å². The number of nitrogens with zero attached hydrogens (tertiary/aromatic N) is 2. The van der Waals surface area contributed by atoms with Crippen molar-refractivity contribution in [1.82, 2.24) is 0 Å². The lowest BCUT2D eigenvalue weighted by Crippen LogP contribution is -1.64. The highest BCUT2D eigenvalue weighted by atomic mass is 32.1. The highest BCUT2D eigenvalue weighted by Gasteiger charge is 1.89. The summed E-state index contributed by atoms with van der Waals surface area (Å²) < 4.78 is 0. The quantitative estimate of drug-likeness (QED) is 0.658. The van der Waals surface area contributed by atoms with Crippen molar-refractivity contribution < 1.29 is 0 Å². The molecule has 1 aromatic rings. The first kappa shape index (κ1) is 9.86. The lowest BCUT2D eigenvalue weighted by Gasteiger charge is -1.79. The van der Waals surface area contributed by atoms with Crippen molar-refractivity contribution >= 4 is 28.8 Å². The average Bonchev–Trinajstić information content (AvgIpc) is 2.51. The van der Waals surface area contributed by atoms with Gasteiger partial charge in [0, 0.05) is 24.4 Å². The van der Waals surface area contributed by atoms with E-state index < -0.39 is 0 Å². The molecule has 0 aliphatic heterocycles. The van der Waals surface area contributed by atoms with Crippen molar-refractivity contribution in [3.8, 4) is 0 Å². The van der Waals surface area contributed by atoms with Crippen LogP contribution in [0, 0.1) is 6.92 Å². The highest BCUT2D eigenvalue weighted by molar-refractivity contribution is 7.15. The molecule has 0 aromatic carbocycles. The van der Waals surface area contributed by atoms with Crippen molar-refractivity contribution in [2.75, 3.05) is 7.05 Å². The SMILES string of the molecule is CN=C/C=C\C=Nc1ccc(C)s1. The van der Waals surface area contributed by atoms with Crippen LogP contribution in [0.3, 0.4) is 0 Å². The van der Waals surface area contributed by atoms with Gasteiger partial charge in [0.15, 0.2) is 0 Å². The van der Waals surface area contributed by atoms with Gasteiger partial charge in [0.2, 0.25) is 0 Å². The molecule has 0 aliphatic rings. The van der Waals surface area contributed by atoms with E-state index in [4.69, 9.17) is 0 Å². The van der Waals surface area contributed by atoms with Crippen molar-refractivity contribution in [2.24, 2.45) is 9.98 Å². The maximum absolute atomic E-state index is 4.24. The molecular formula is C10H12N2S. The second kappa shape index (κ2) is 5.43. The summed E-state index contributed by atoms with van der Waals surface area (Å²) >= 11 is 1.69. The second-order valence-corrected chi connectivity index (χ2v) is 3.72. The summed E-state index contributed by atoms with van der Waals surface area (Å²) in [5.41, 5.74) is 0. The van der Waals surface area contributed by atoms with E-state index in [1.165, 1.54) is 4.88 Å². The Balaban J connectivity index is 2.49. The fraction of sp³-hybridized carbons (Fsp3) is 0.200. The van der Waals surface area contributed by atoms with Crippen LogP contribution in [0.15, 0.2) is 34.3 Å². The van der Waals surface area contributed by atoms with Gasteiger partial charge in [0.05, 0.1) is 0 Å². The van der Waals surface area contributed by atoms with Crippen molar-refractivity contribution in [3.63, 3.8) is 0 Å². The van der Waals surface area contributed by atoms with Gasteiger partial charge in [-0.15, -0.1) is 11.3 Å². The maximum atomic E-state index is 4.24. The number of allylic oxidation sites excluding steroid dienone is 2. The zero-order valence-electron chi connectivity index (χ0n) is 7.77. The minimum absolute atomic E-state index is 1.04. The van der Waals surface area contributed by atoms with E-state index in [9.17, 15) is 0 Å². The molecule has 0 bridgehead atoms. The summed E-state index contributed by atoms with van der Waals surface area (Å²) in [5, 5.41) is 1.04. The molecule has 68 valence electrons. The molecule has 0 saturated carbocycles. The molecule has 1 aromatic heterocycles. The standard InChI is InChI=1S/C10H12N2S/c1-9-5-6-10(13-9)12-8-4-3-7-11-2/h3-8H,1-2H3/b4-3-,11-7?,12-8?. The predicted octanol–water partition coefficient (Wildman–Crippen LogP) is 3.02. The first-order valence-electron chi connectivity index (χ1n) is 4.01. The van der Waals surface area contributed by atoms with E-state index in [1.54, 1.807) is 30.8 Å². The summed E-state index contributed by atoms with van der Waals surface area (Å²) in [6.45, 7) is 2.07. The normalized spacial score (nSPS) is 12.5. The Labute approximate surface area is 82.4 Å². The van der Waals surface area contributed by atoms with E-state index in [1.807, 2.05) is 18.2 Å². The monoisotopic (exact) mass is 192 g/mol. The summed E-state index contributed by atoms with van der Waals surface area (Å²) in [4.78, 5) is 9.34. The Bertz CT molecular complexity index is 334. The maximum Gasteiger partial charge on any atom is 0.116 e. The minimum atomic E-state index is 1.04. The Hall–Kier alpha value is -1.22. The molecule has 0 atom stereocenters. The number of thiophene rings is 1. The first-order valence-corrected chi connectivity index (χ1v) is 4.82. The molecule has 1 heterocycles. The molecule has 2 nitrogen and oxygen atoms in total. The lowest BCUT2D eigenvalue weighted by molar-refractivity contribution is 1.48. The Morgan fingerprint density at radius 3 is 2.62 bits per heavy atom. The van der Waals surface area contributed by atoms with Gasteiger partial charge in [0.1, 0.15) is 5.00 Å². The topological polar surface area (TPSA) is 24.7 Å². The molecule has 13 heavy (non-hydrogen) atoms. The van der Waals surface area contributed by atoms with Crippen LogP contribution >= 0.6 is 11.3 Å². The van der Waals surface area contributed by atoms with Crippen LogP contribution in [0.5, 0.6) is 0 Å². The van der Waals surface area contributed by atoms with Crippen LogP contribution in [0.25, 0.3) is 0 Å². The van der Waals surface area contributed by atoms with Gasteiger partial charge in [-0.3, -0.25) is 4.99 Å².